The molecule has 1 aromatic heterocycles. The normalized spacial score (nSPS) is 11.5. The number of fused-ring (bicyclic) bond motifs is 3. The van der Waals surface area contributed by atoms with Crippen LogP contribution in [0.15, 0.2) is 39.5 Å². The summed E-state index contributed by atoms with van der Waals surface area (Å²) in [7, 11) is 5.44. The van der Waals surface area contributed by atoms with Crippen LogP contribution < -0.4 is 20.4 Å². The van der Waals surface area contributed by atoms with Crippen LogP contribution in [0.2, 0.25) is 0 Å². The molecule has 5 heteroatoms. The van der Waals surface area contributed by atoms with Gasteiger partial charge in [-0.3, -0.25) is 0 Å². The van der Waals surface area contributed by atoms with Crippen LogP contribution in [0.5, 0.6) is 11.5 Å². The quantitative estimate of drug-likeness (QED) is 0.570. The van der Waals surface area contributed by atoms with Crippen molar-refractivity contribution in [3.05, 3.63) is 46.3 Å². The van der Waals surface area contributed by atoms with Gasteiger partial charge in [0.05, 0.1) is 26.6 Å². The number of quaternary nitrogens is 1. The highest BCUT2D eigenvalue weighted by Crippen LogP contribution is 2.30. The van der Waals surface area contributed by atoms with E-state index >= 15 is 0 Å². The predicted octanol–water partition coefficient (Wildman–Crippen LogP) is 0.673. The highest BCUT2D eigenvalue weighted by atomic mass is 16.5. The van der Waals surface area contributed by atoms with E-state index in [0.29, 0.717) is 28.8 Å². The van der Waals surface area contributed by atoms with Gasteiger partial charge in [-0.15, -0.1) is 0 Å². The van der Waals surface area contributed by atoms with Crippen molar-refractivity contribution in [2.45, 2.75) is 6.54 Å². The third kappa shape index (κ3) is 2.29. The average molecular weight is 299 g/mol. The van der Waals surface area contributed by atoms with E-state index in [9.17, 15) is 9.90 Å². The fraction of sp³-hybridized carbons (Fsp3) is 0.235. The molecule has 0 aliphatic heterocycles. The zero-order valence-electron chi connectivity index (χ0n) is 12.7. The van der Waals surface area contributed by atoms with Crippen LogP contribution >= 0.6 is 0 Å². The van der Waals surface area contributed by atoms with Gasteiger partial charge in [0.15, 0.2) is 0 Å². The van der Waals surface area contributed by atoms with E-state index in [1.165, 1.54) is 6.07 Å². The molecule has 0 amide bonds. The van der Waals surface area contributed by atoms with Crippen molar-refractivity contribution >= 4 is 21.7 Å². The predicted molar refractivity (Wildman–Crippen MR) is 82.5 cm³/mol. The minimum absolute atomic E-state index is 0.107. The lowest BCUT2D eigenvalue weighted by molar-refractivity contribution is -0.872. The molecular weight excluding hydrogens is 282 g/mol. The summed E-state index contributed by atoms with van der Waals surface area (Å²) in [4.78, 5) is 13.4. The molecule has 0 fully saturated rings. The molecule has 3 rings (SSSR count). The third-order valence-corrected chi connectivity index (χ3v) is 3.68. The van der Waals surface area contributed by atoms with Crippen molar-refractivity contribution in [2.75, 3.05) is 21.2 Å². The first kappa shape index (κ1) is 14.4. The molecule has 0 aliphatic rings. The SMILES string of the molecule is COc1ccc2c(c1)c(=O)oc1c(C[NH+](C)C)c([O-])ccc12. The standard InChI is InChI=1S/C17H17NO4/c1-18(2)9-14-15(19)7-6-12-11-5-4-10(21-3)8-13(11)17(20)22-16(12)14/h4-8,19H,9H2,1-3H3. The Hall–Kier alpha value is -2.53. The fourth-order valence-electron chi connectivity index (χ4n) is 2.66. The smallest absolute Gasteiger partial charge is 0.344 e. The Morgan fingerprint density at radius 3 is 2.55 bits per heavy atom. The summed E-state index contributed by atoms with van der Waals surface area (Å²) in [6.07, 6.45) is 0. The van der Waals surface area contributed by atoms with Crippen molar-refractivity contribution in [1.29, 1.82) is 0 Å². The molecule has 3 aromatic rings. The van der Waals surface area contributed by atoms with E-state index in [0.717, 1.165) is 15.7 Å². The van der Waals surface area contributed by atoms with Crippen LogP contribution in [-0.2, 0) is 6.54 Å². The highest BCUT2D eigenvalue weighted by Gasteiger charge is 2.14. The molecule has 22 heavy (non-hydrogen) atoms. The van der Waals surface area contributed by atoms with Crippen LogP contribution in [0, 0.1) is 0 Å². The second kappa shape index (κ2) is 5.35. The topological polar surface area (TPSA) is 66.9 Å². The molecule has 0 unspecified atom stereocenters. The van der Waals surface area contributed by atoms with Crippen LogP contribution in [0.1, 0.15) is 5.56 Å². The van der Waals surface area contributed by atoms with Gasteiger partial charge in [-0.25, -0.2) is 4.79 Å². The molecule has 0 saturated carbocycles. The van der Waals surface area contributed by atoms with Crippen molar-refractivity contribution in [3.63, 3.8) is 0 Å². The van der Waals surface area contributed by atoms with Crippen molar-refractivity contribution in [2.24, 2.45) is 0 Å². The van der Waals surface area contributed by atoms with Gasteiger partial charge in [0.25, 0.3) is 0 Å². The summed E-state index contributed by atoms with van der Waals surface area (Å²) < 4.78 is 10.6. The largest absolute Gasteiger partial charge is 0.872 e. The molecule has 0 atom stereocenters. The third-order valence-electron chi connectivity index (χ3n) is 3.68. The van der Waals surface area contributed by atoms with Gasteiger partial charge >= 0.3 is 5.63 Å². The van der Waals surface area contributed by atoms with E-state index in [-0.39, 0.29) is 5.75 Å². The minimum Gasteiger partial charge on any atom is -0.872 e. The van der Waals surface area contributed by atoms with Gasteiger partial charge in [0.2, 0.25) is 0 Å². The van der Waals surface area contributed by atoms with Gasteiger partial charge in [0, 0.05) is 16.3 Å². The molecule has 114 valence electrons. The lowest BCUT2D eigenvalue weighted by Crippen LogP contribution is -3.04. The maximum absolute atomic E-state index is 12.3. The Morgan fingerprint density at radius 2 is 1.86 bits per heavy atom. The summed E-state index contributed by atoms with van der Waals surface area (Å²) >= 11 is 0. The first-order valence-electron chi connectivity index (χ1n) is 7.03. The highest BCUT2D eigenvalue weighted by molar-refractivity contribution is 6.05. The van der Waals surface area contributed by atoms with Gasteiger partial charge in [-0.2, -0.15) is 0 Å². The van der Waals surface area contributed by atoms with E-state index in [2.05, 4.69) is 0 Å². The van der Waals surface area contributed by atoms with Crippen LogP contribution in [-0.4, -0.2) is 21.2 Å². The molecule has 2 aromatic carbocycles. The Bertz CT molecular complexity index is 912. The second-order valence-electron chi connectivity index (χ2n) is 5.60. The fourth-order valence-corrected chi connectivity index (χ4v) is 2.66. The average Bonchev–Trinajstić information content (AvgIpc) is 2.50. The first-order chi connectivity index (χ1) is 10.5. The monoisotopic (exact) mass is 299 g/mol. The Labute approximate surface area is 127 Å². The second-order valence-corrected chi connectivity index (χ2v) is 5.60. The Kier molecular flexibility index (Phi) is 3.50. The first-order valence-corrected chi connectivity index (χ1v) is 7.03. The number of hydrogen-bond donors (Lipinski definition) is 1. The van der Waals surface area contributed by atoms with Gasteiger partial charge < -0.3 is 19.2 Å². The van der Waals surface area contributed by atoms with Gasteiger partial charge in [-0.05, 0) is 18.2 Å². The van der Waals surface area contributed by atoms with Gasteiger partial charge in [-0.1, -0.05) is 17.9 Å². The molecule has 0 saturated heterocycles. The summed E-state index contributed by atoms with van der Waals surface area (Å²) in [5.41, 5.74) is 0.464. The van der Waals surface area contributed by atoms with Crippen molar-refractivity contribution in [1.82, 2.24) is 0 Å². The Morgan fingerprint density at radius 1 is 1.14 bits per heavy atom. The van der Waals surface area contributed by atoms with E-state index in [1.54, 1.807) is 25.3 Å². The zero-order valence-corrected chi connectivity index (χ0v) is 12.7. The maximum Gasteiger partial charge on any atom is 0.344 e. The number of benzene rings is 2. The Balaban J connectivity index is 2.41. The number of rotatable bonds is 3. The molecule has 0 aliphatic carbocycles. The lowest BCUT2D eigenvalue weighted by atomic mass is 10.0. The van der Waals surface area contributed by atoms with E-state index in [4.69, 9.17) is 9.15 Å². The van der Waals surface area contributed by atoms with Gasteiger partial charge in [0.1, 0.15) is 17.9 Å². The summed E-state index contributed by atoms with van der Waals surface area (Å²) in [6.45, 7) is 0.501. The van der Waals surface area contributed by atoms with E-state index in [1.807, 2.05) is 20.2 Å². The van der Waals surface area contributed by atoms with Crippen LogP contribution in [0.25, 0.3) is 21.7 Å². The van der Waals surface area contributed by atoms with Crippen molar-refractivity contribution in [3.8, 4) is 11.5 Å². The molecule has 1 N–H and O–H groups in total. The van der Waals surface area contributed by atoms with Crippen LogP contribution in [0.3, 0.4) is 0 Å². The lowest BCUT2D eigenvalue weighted by Gasteiger charge is -2.17. The molecule has 0 bridgehead atoms. The molecule has 0 radical (unpaired) electrons. The number of methoxy groups -OCH3 is 1. The van der Waals surface area contributed by atoms with E-state index < -0.39 is 5.63 Å². The number of ether oxygens (including phenoxy) is 1. The molecule has 1 heterocycles. The molecular formula is C17H17NO4. The number of nitrogens with one attached hydrogen (secondary N) is 1. The molecule has 5 nitrogen and oxygen atoms in total. The summed E-state index contributed by atoms with van der Waals surface area (Å²) in [6, 6.07) is 8.52. The zero-order chi connectivity index (χ0) is 15.9. The molecule has 0 spiro atoms. The number of hydrogen-bond acceptors (Lipinski definition) is 4. The maximum atomic E-state index is 12.3. The van der Waals surface area contributed by atoms with Crippen molar-refractivity contribution < 1.29 is 19.2 Å². The summed E-state index contributed by atoms with van der Waals surface area (Å²) in [5.74, 6) is 0.488. The summed E-state index contributed by atoms with van der Waals surface area (Å²) in [5, 5.41) is 14.1. The minimum atomic E-state index is -0.456. The van der Waals surface area contributed by atoms with Crippen LogP contribution in [0.4, 0.5) is 0 Å².